The number of carbonyl (C=O) groups excluding carboxylic acids is 2. The highest BCUT2D eigenvalue weighted by atomic mass is 16.1. The maximum atomic E-state index is 12.4. The van der Waals surface area contributed by atoms with Gasteiger partial charge in [0, 0.05) is 22.3 Å². The van der Waals surface area contributed by atoms with Crippen molar-refractivity contribution in [2.24, 2.45) is 0 Å². The standard InChI is InChI=1S/C26H40O2/c1-5-6-7-8-9-10-11-12-13-14-15-16-17-18-19-20-24-23(4)25(27)21(2)22(3)26(24)28/h9-10,12-13H,5-8,11,14-20H2,1-4H3/b10-9-,13-12-. The lowest BCUT2D eigenvalue weighted by Crippen LogP contribution is -2.20. The molecule has 1 aliphatic carbocycles. The van der Waals surface area contributed by atoms with E-state index < -0.39 is 0 Å². The predicted molar refractivity (Wildman–Crippen MR) is 120 cm³/mol. The Morgan fingerprint density at radius 2 is 1.14 bits per heavy atom. The molecule has 28 heavy (non-hydrogen) atoms. The Hall–Kier alpha value is -1.70. The van der Waals surface area contributed by atoms with Gasteiger partial charge in [0.25, 0.3) is 0 Å². The van der Waals surface area contributed by atoms with E-state index in [1.807, 2.05) is 0 Å². The van der Waals surface area contributed by atoms with Crippen LogP contribution in [0.2, 0.25) is 0 Å². The van der Waals surface area contributed by atoms with E-state index >= 15 is 0 Å². The molecule has 0 spiro atoms. The van der Waals surface area contributed by atoms with Gasteiger partial charge in [-0.1, -0.05) is 63.3 Å². The summed E-state index contributed by atoms with van der Waals surface area (Å²) in [7, 11) is 0. The average Bonchev–Trinajstić information content (AvgIpc) is 2.70. The summed E-state index contributed by atoms with van der Waals surface area (Å²) in [5.74, 6) is 0.133. The largest absolute Gasteiger partial charge is 0.289 e. The van der Waals surface area contributed by atoms with Gasteiger partial charge in [0.2, 0.25) is 0 Å². The van der Waals surface area contributed by atoms with E-state index in [1.165, 1.54) is 44.9 Å². The molecule has 0 heterocycles. The maximum absolute atomic E-state index is 12.4. The summed E-state index contributed by atoms with van der Waals surface area (Å²) in [6.07, 6.45) is 23.1. The fourth-order valence-electron chi connectivity index (χ4n) is 3.57. The first-order valence-electron chi connectivity index (χ1n) is 11.3. The molecule has 0 atom stereocenters. The summed E-state index contributed by atoms with van der Waals surface area (Å²) in [5.41, 5.74) is 2.66. The minimum atomic E-state index is 0.0506. The van der Waals surface area contributed by atoms with Crippen LogP contribution in [0.3, 0.4) is 0 Å². The van der Waals surface area contributed by atoms with Crippen molar-refractivity contribution in [2.75, 3.05) is 0 Å². The van der Waals surface area contributed by atoms with E-state index in [0.29, 0.717) is 16.7 Å². The van der Waals surface area contributed by atoms with E-state index in [9.17, 15) is 9.59 Å². The van der Waals surface area contributed by atoms with Crippen LogP contribution in [0, 0.1) is 0 Å². The molecule has 0 saturated carbocycles. The van der Waals surface area contributed by atoms with Crippen molar-refractivity contribution < 1.29 is 9.59 Å². The van der Waals surface area contributed by atoms with Gasteiger partial charge in [0.1, 0.15) is 0 Å². The molecular formula is C26H40O2. The number of ketones is 2. The molecule has 0 aromatic carbocycles. The number of hydrogen-bond donors (Lipinski definition) is 0. The summed E-state index contributed by atoms with van der Waals surface area (Å²) in [6, 6.07) is 0. The second-order valence-electron chi connectivity index (χ2n) is 7.99. The molecule has 0 aromatic heterocycles. The van der Waals surface area contributed by atoms with E-state index in [0.717, 1.165) is 37.7 Å². The van der Waals surface area contributed by atoms with E-state index in [4.69, 9.17) is 0 Å². The first kappa shape index (κ1) is 24.3. The SMILES string of the molecule is CCCCC/C=C\C/C=C\CCCCCCCC1=C(C)C(=O)C(C)=C(C)C1=O. The highest BCUT2D eigenvalue weighted by Gasteiger charge is 2.26. The smallest absolute Gasteiger partial charge is 0.185 e. The van der Waals surface area contributed by atoms with Gasteiger partial charge < -0.3 is 0 Å². The zero-order valence-corrected chi connectivity index (χ0v) is 18.6. The van der Waals surface area contributed by atoms with Gasteiger partial charge in [-0.25, -0.2) is 0 Å². The molecule has 0 fully saturated rings. The Balaban J connectivity index is 2.09. The quantitative estimate of drug-likeness (QED) is 0.175. The summed E-state index contributed by atoms with van der Waals surface area (Å²) < 4.78 is 0. The number of Topliss-reactive ketones (excluding diaryl/α,β-unsaturated/α-hetero) is 2. The first-order valence-corrected chi connectivity index (χ1v) is 11.3. The van der Waals surface area contributed by atoms with Crippen molar-refractivity contribution in [3.8, 4) is 0 Å². The average molecular weight is 385 g/mol. The lowest BCUT2D eigenvalue weighted by Gasteiger charge is -2.18. The van der Waals surface area contributed by atoms with E-state index in [1.54, 1.807) is 20.8 Å². The molecule has 0 aliphatic heterocycles. The maximum Gasteiger partial charge on any atom is 0.185 e. The number of rotatable bonds is 14. The molecule has 0 unspecified atom stereocenters. The number of unbranched alkanes of at least 4 members (excludes halogenated alkanes) is 8. The third kappa shape index (κ3) is 8.54. The Labute approximate surface area is 172 Å². The lowest BCUT2D eigenvalue weighted by atomic mass is 9.84. The van der Waals surface area contributed by atoms with Crippen LogP contribution in [-0.4, -0.2) is 11.6 Å². The molecule has 0 aromatic rings. The normalized spacial score (nSPS) is 15.7. The van der Waals surface area contributed by atoms with Crippen LogP contribution in [0.25, 0.3) is 0 Å². The monoisotopic (exact) mass is 384 g/mol. The van der Waals surface area contributed by atoms with Crippen LogP contribution < -0.4 is 0 Å². The van der Waals surface area contributed by atoms with Crippen molar-refractivity contribution in [3.63, 3.8) is 0 Å². The Bertz CT molecular complexity index is 629. The summed E-state index contributed by atoms with van der Waals surface area (Å²) in [6.45, 7) is 7.58. The van der Waals surface area contributed by atoms with Gasteiger partial charge in [-0.15, -0.1) is 0 Å². The zero-order valence-electron chi connectivity index (χ0n) is 18.6. The second-order valence-corrected chi connectivity index (χ2v) is 7.99. The first-order chi connectivity index (χ1) is 13.5. The van der Waals surface area contributed by atoms with Crippen LogP contribution >= 0.6 is 0 Å². The van der Waals surface area contributed by atoms with Gasteiger partial charge >= 0.3 is 0 Å². The minimum Gasteiger partial charge on any atom is -0.289 e. The topological polar surface area (TPSA) is 34.1 Å². The molecule has 1 aliphatic rings. The van der Waals surface area contributed by atoms with Gasteiger partial charge in [-0.05, 0) is 65.7 Å². The van der Waals surface area contributed by atoms with Crippen molar-refractivity contribution in [3.05, 3.63) is 46.6 Å². The van der Waals surface area contributed by atoms with Gasteiger partial charge in [0.05, 0.1) is 0 Å². The number of carbonyl (C=O) groups is 2. The Kier molecular flexibility index (Phi) is 12.4. The molecule has 0 N–H and O–H groups in total. The highest BCUT2D eigenvalue weighted by Crippen LogP contribution is 2.27. The van der Waals surface area contributed by atoms with Gasteiger partial charge in [-0.3, -0.25) is 9.59 Å². The molecule has 0 bridgehead atoms. The molecule has 2 nitrogen and oxygen atoms in total. The molecular weight excluding hydrogens is 344 g/mol. The van der Waals surface area contributed by atoms with Crippen LogP contribution in [0.4, 0.5) is 0 Å². The van der Waals surface area contributed by atoms with E-state index in [-0.39, 0.29) is 11.6 Å². The lowest BCUT2D eigenvalue weighted by molar-refractivity contribution is -0.116. The van der Waals surface area contributed by atoms with Crippen LogP contribution in [0.1, 0.15) is 105 Å². The molecule has 0 saturated heterocycles. The van der Waals surface area contributed by atoms with Crippen molar-refractivity contribution in [1.82, 2.24) is 0 Å². The number of allylic oxidation sites excluding steroid dienone is 8. The minimum absolute atomic E-state index is 0.0506. The number of hydrogen-bond acceptors (Lipinski definition) is 2. The van der Waals surface area contributed by atoms with Crippen molar-refractivity contribution in [1.29, 1.82) is 0 Å². The fraction of sp³-hybridized carbons (Fsp3) is 0.615. The van der Waals surface area contributed by atoms with Crippen LogP contribution in [0.15, 0.2) is 46.6 Å². The zero-order chi connectivity index (χ0) is 20.8. The van der Waals surface area contributed by atoms with E-state index in [2.05, 4.69) is 31.2 Å². The van der Waals surface area contributed by atoms with Crippen LogP contribution in [-0.2, 0) is 9.59 Å². The summed E-state index contributed by atoms with van der Waals surface area (Å²) in [5, 5.41) is 0. The second kappa shape index (κ2) is 14.3. The van der Waals surface area contributed by atoms with Gasteiger partial charge in [0.15, 0.2) is 11.6 Å². The summed E-state index contributed by atoms with van der Waals surface area (Å²) >= 11 is 0. The molecule has 0 amide bonds. The highest BCUT2D eigenvalue weighted by molar-refractivity contribution is 6.24. The molecule has 0 radical (unpaired) electrons. The third-order valence-corrected chi connectivity index (χ3v) is 5.69. The third-order valence-electron chi connectivity index (χ3n) is 5.69. The fourth-order valence-corrected chi connectivity index (χ4v) is 3.57. The summed E-state index contributed by atoms with van der Waals surface area (Å²) in [4.78, 5) is 24.6. The molecule has 156 valence electrons. The molecule has 1 rings (SSSR count). The van der Waals surface area contributed by atoms with Crippen molar-refractivity contribution >= 4 is 11.6 Å². The van der Waals surface area contributed by atoms with Crippen LogP contribution in [0.5, 0.6) is 0 Å². The Morgan fingerprint density at radius 1 is 0.607 bits per heavy atom. The van der Waals surface area contributed by atoms with Gasteiger partial charge in [-0.2, -0.15) is 0 Å². The molecule has 2 heteroatoms. The predicted octanol–water partition coefficient (Wildman–Crippen LogP) is 7.60. The van der Waals surface area contributed by atoms with Crippen molar-refractivity contribution in [2.45, 2.75) is 105 Å². The Morgan fingerprint density at radius 3 is 1.79 bits per heavy atom.